The Kier molecular flexibility index (Phi) is 3.02. The fourth-order valence-corrected chi connectivity index (χ4v) is 4.49. The van der Waals surface area contributed by atoms with Crippen LogP contribution in [-0.4, -0.2) is 0 Å². The van der Waals surface area contributed by atoms with E-state index in [1.165, 1.54) is 37.9 Å². The second kappa shape index (κ2) is 4.82. The molecule has 0 nitrogen and oxygen atoms in total. The van der Waals surface area contributed by atoms with Gasteiger partial charge in [0.15, 0.2) is 0 Å². The molecule has 1 aliphatic rings. The maximum Gasteiger partial charge on any atom is 0.0222 e. The van der Waals surface area contributed by atoms with Crippen LogP contribution >= 0.6 is 15.9 Å². The van der Waals surface area contributed by atoms with Gasteiger partial charge in [0.1, 0.15) is 0 Å². The third-order valence-corrected chi connectivity index (χ3v) is 5.39. The summed E-state index contributed by atoms with van der Waals surface area (Å²) in [5, 5.41) is 0. The van der Waals surface area contributed by atoms with Crippen molar-refractivity contribution in [2.75, 3.05) is 0 Å². The number of rotatable bonds is 1. The van der Waals surface area contributed by atoms with Crippen molar-refractivity contribution >= 4 is 15.9 Å². The summed E-state index contributed by atoms with van der Waals surface area (Å²) >= 11 is 3.75. The van der Waals surface area contributed by atoms with Gasteiger partial charge in [-0.15, -0.1) is 0 Å². The van der Waals surface area contributed by atoms with Gasteiger partial charge in [-0.05, 0) is 45.5 Å². The summed E-state index contributed by atoms with van der Waals surface area (Å²) in [4.78, 5) is 0. The molecular weight excluding hydrogens is 332 g/mol. The van der Waals surface area contributed by atoms with E-state index >= 15 is 0 Å². The molecule has 0 amide bonds. The molecule has 0 bridgehead atoms. The molecule has 0 aromatic heterocycles. The van der Waals surface area contributed by atoms with Crippen LogP contribution in [0.15, 0.2) is 71.2 Å². The van der Waals surface area contributed by atoms with E-state index in [-0.39, 0.29) is 5.41 Å². The van der Waals surface area contributed by atoms with E-state index in [2.05, 4.69) is 96.5 Å². The van der Waals surface area contributed by atoms with Crippen molar-refractivity contribution in [3.63, 3.8) is 0 Å². The zero-order valence-electron chi connectivity index (χ0n) is 12.7. The van der Waals surface area contributed by atoms with Gasteiger partial charge in [-0.2, -0.15) is 0 Å². The average molecular weight is 349 g/mol. The van der Waals surface area contributed by atoms with Gasteiger partial charge in [-0.25, -0.2) is 0 Å². The predicted molar refractivity (Wildman–Crippen MR) is 97.1 cm³/mol. The van der Waals surface area contributed by atoms with Crippen LogP contribution in [-0.2, 0) is 5.41 Å². The molecule has 0 saturated carbocycles. The van der Waals surface area contributed by atoms with Crippen molar-refractivity contribution in [3.8, 4) is 22.3 Å². The van der Waals surface area contributed by atoms with Crippen molar-refractivity contribution < 1.29 is 0 Å². The third kappa shape index (κ3) is 1.89. The van der Waals surface area contributed by atoms with Gasteiger partial charge >= 0.3 is 0 Å². The number of fused-ring (bicyclic) bond motifs is 3. The third-order valence-electron chi connectivity index (χ3n) is 4.73. The van der Waals surface area contributed by atoms with Crippen molar-refractivity contribution in [1.82, 2.24) is 0 Å². The molecular formula is C21H17Br. The lowest BCUT2D eigenvalue weighted by molar-refractivity contribution is 0.657. The molecule has 3 aromatic carbocycles. The minimum atomic E-state index is 0.0234. The van der Waals surface area contributed by atoms with Crippen LogP contribution in [0.2, 0.25) is 0 Å². The SMILES string of the molecule is CC1(C)c2cc(-c3ccccc3)ccc2-c2cccc(Br)c21. The minimum Gasteiger partial charge on any atom is -0.0622 e. The highest BCUT2D eigenvalue weighted by atomic mass is 79.9. The van der Waals surface area contributed by atoms with Gasteiger partial charge in [-0.1, -0.05) is 84.4 Å². The highest BCUT2D eigenvalue weighted by Gasteiger charge is 2.36. The fourth-order valence-electron chi connectivity index (χ4n) is 3.62. The summed E-state index contributed by atoms with van der Waals surface area (Å²) in [6.45, 7) is 4.63. The maximum absolute atomic E-state index is 3.75. The summed E-state index contributed by atoms with van der Waals surface area (Å²) in [6, 6.07) is 24.0. The lowest BCUT2D eigenvalue weighted by Crippen LogP contribution is -2.15. The zero-order valence-corrected chi connectivity index (χ0v) is 14.3. The van der Waals surface area contributed by atoms with Crippen molar-refractivity contribution in [3.05, 3.63) is 82.3 Å². The van der Waals surface area contributed by atoms with E-state index in [1.54, 1.807) is 0 Å². The van der Waals surface area contributed by atoms with Gasteiger partial charge in [0.25, 0.3) is 0 Å². The van der Waals surface area contributed by atoms with E-state index in [4.69, 9.17) is 0 Å². The molecule has 0 N–H and O–H groups in total. The molecule has 0 fully saturated rings. The predicted octanol–water partition coefficient (Wildman–Crippen LogP) is 6.42. The van der Waals surface area contributed by atoms with Crippen LogP contribution in [0.5, 0.6) is 0 Å². The molecule has 3 aromatic rings. The summed E-state index contributed by atoms with van der Waals surface area (Å²) in [5.74, 6) is 0. The Morgan fingerprint density at radius 1 is 0.727 bits per heavy atom. The number of hydrogen-bond donors (Lipinski definition) is 0. The normalized spacial score (nSPS) is 14.5. The topological polar surface area (TPSA) is 0 Å². The van der Waals surface area contributed by atoms with Crippen LogP contribution in [0.1, 0.15) is 25.0 Å². The Morgan fingerprint density at radius 2 is 1.50 bits per heavy atom. The van der Waals surface area contributed by atoms with Gasteiger partial charge < -0.3 is 0 Å². The Morgan fingerprint density at radius 3 is 2.27 bits per heavy atom. The first-order chi connectivity index (χ1) is 10.6. The summed E-state index contributed by atoms with van der Waals surface area (Å²) in [5.41, 5.74) is 8.11. The molecule has 0 unspecified atom stereocenters. The highest BCUT2D eigenvalue weighted by molar-refractivity contribution is 9.10. The highest BCUT2D eigenvalue weighted by Crippen LogP contribution is 2.51. The van der Waals surface area contributed by atoms with Crippen LogP contribution in [0.4, 0.5) is 0 Å². The summed E-state index contributed by atoms with van der Waals surface area (Å²) in [6.07, 6.45) is 0. The first kappa shape index (κ1) is 13.8. The van der Waals surface area contributed by atoms with Gasteiger partial charge in [0, 0.05) is 9.89 Å². The molecule has 1 heteroatoms. The van der Waals surface area contributed by atoms with Crippen LogP contribution in [0, 0.1) is 0 Å². The standard InChI is InChI=1S/C21H17Br/c1-21(2)18-13-15(14-7-4-3-5-8-14)11-12-16(18)17-9-6-10-19(22)20(17)21/h3-13H,1-2H3. The van der Waals surface area contributed by atoms with E-state index < -0.39 is 0 Å². The lowest BCUT2D eigenvalue weighted by atomic mass is 9.81. The van der Waals surface area contributed by atoms with Gasteiger partial charge in [-0.3, -0.25) is 0 Å². The molecule has 0 saturated heterocycles. The number of benzene rings is 3. The second-order valence-electron chi connectivity index (χ2n) is 6.41. The number of halogens is 1. The summed E-state index contributed by atoms with van der Waals surface area (Å²) < 4.78 is 1.20. The minimum absolute atomic E-state index is 0.0234. The molecule has 0 radical (unpaired) electrons. The molecule has 4 rings (SSSR count). The Labute approximate surface area is 140 Å². The molecule has 22 heavy (non-hydrogen) atoms. The lowest BCUT2D eigenvalue weighted by Gasteiger charge is -2.23. The Bertz CT molecular complexity index is 860. The molecule has 1 aliphatic carbocycles. The van der Waals surface area contributed by atoms with Crippen molar-refractivity contribution in [2.24, 2.45) is 0 Å². The van der Waals surface area contributed by atoms with Gasteiger partial charge in [0.05, 0.1) is 0 Å². The van der Waals surface area contributed by atoms with Crippen LogP contribution in [0.25, 0.3) is 22.3 Å². The van der Waals surface area contributed by atoms with E-state index in [0.29, 0.717) is 0 Å². The molecule has 0 spiro atoms. The van der Waals surface area contributed by atoms with Gasteiger partial charge in [0.2, 0.25) is 0 Å². The first-order valence-corrected chi connectivity index (χ1v) is 8.37. The van der Waals surface area contributed by atoms with E-state index in [0.717, 1.165) is 0 Å². The Balaban J connectivity index is 1.96. The van der Waals surface area contributed by atoms with Crippen molar-refractivity contribution in [2.45, 2.75) is 19.3 Å². The monoisotopic (exact) mass is 348 g/mol. The summed E-state index contributed by atoms with van der Waals surface area (Å²) in [7, 11) is 0. The quantitative estimate of drug-likeness (QED) is 0.475. The van der Waals surface area contributed by atoms with E-state index in [1.807, 2.05) is 0 Å². The molecule has 108 valence electrons. The molecule has 0 heterocycles. The maximum atomic E-state index is 3.75. The fraction of sp³-hybridized carbons (Fsp3) is 0.143. The van der Waals surface area contributed by atoms with Crippen LogP contribution in [0.3, 0.4) is 0 Å². The molecule has 0 aliphatic heterocycles. The zero-order chi connectivity index (χ0) is 15.3. The largest absolute Gasteiger partial charge is 0.0622 e. The van der Waals surface area contributed by atoms with Crippen molar-refractivity contribution in [1.29, 1.82) is 0 Å². The van der Waals surface area contributed by atoms with Crippen LogP contribution < -0.4 is 0 Å². The molecule has 0 atom stereocenters. The number of hydrogen-bond acceptors (Lipinski definition) is 0. The second-order valence-corrected chi connectivity index (χ2v) is 7.27. The first-order valence-electron chi connectivity index (χ1n) is 7.58. The Hall–Kier alpha value is -1.86. The average Bonchev–Trinajstić information content (AvgIpc) is 2.77. The van der Waals surface area contributed by atoms with E-state index in [9.17, 15) is 0 Å². The smallest absolute Gasteiger partial charge is 0.0222 e.